The smallest absolute Gasteiger partial charge is 0.256 e. The van der Waals surface area contributed by atoms with Crippen LogP contribution in [0.2, 0.25) is 0 Å². The highest BCUT2D eigenvalue weighted by Gasteiger charge is 2.24. The Morgan fingerprint density at radius 2 is 1.64 bits per heavy atom. The minimum absolute atomic E-state index is 0.00362. The Labute approximate surface area is 163 Å². The maximum Gasteiger partial charge on any atom is 0.256 e. The Balaban J connectivity index is 1.53. The first-order valence-corrected chi connectivity index (χ1v) is 9.44. The lowest BCUT2D eigenvalue weighted by Gasteiger charge is -2.23. The van der Waals surface area contributed by atoms with E-state index in [1.165, 1.54) is 4.80 Å². The van der Waals surface area contributed by atoms with E-state index in [1.54, 1.807) is 12.4 Å². The normalized spacial score (nSPS) is 14.8. The van der Waals surface area contributed by atoms with Crippen molar-refractivity contribution in [2.45, 2.75) is 20.3 Å². The van der Waals surface area contributed by atoms with Crippen LogP contribution in [0.3, 0.4) is 0 Å². The molecule has 0 spiro atoms. The van der Waals surface area contributed by atoms with E-state index in [9.17, 15) is 4.79 Å². The van der Waals surface area contributed by atoms with Crippen LogP contribution in [0, 0.1) is 13.8 Å². The van der Waals surface area contributed by atoms with Crippen LogP contribution in [0.4, 0.5) is 5.95 Å². The van der Waals surface area contributed by atoms with E-state index in [-0.39, 0.29) is 5.91 Å². The molecule has 0 unspecified atom stereocenters. The number of carbonyl (C=O) groups is 1. The van der Waals surface area contributed by atoms with Crippen molar-refractivity contribution in [1.29, 1.82) is 0 Å². The Morgan fingerprint density at radius 1 is 0.929 bits per heavy atom. The van der Waals surface area contributed by atoms with Gasteiger partial charge in [0, 0.05) is 37.6 Å². The maximum absolute atomic E-state index is 13.2. The van der Waals surface area contributed by atoms with E-state index < -0.39 is 0 Å². The molecule has 0 aliphatic carbocycles. The molecule has 1 fully saturated rings. The van der Waals surface area contributed by atoms with Gasteiger partial charge in [0.2, 0.25) is 5.95 Å². The highest BCUT2D eigenvalue weighted by atomic mass is 16.2. The number of para-hydroxylation sites is 1. The largest absolute Gasteiger partial charge is 0.339 e. The highest BCUT2D eigenvalue weighted by Crippen LogP contribution is 2.18. The molecule has 4 rings (SSSR count). The van der Waals surface area contributed by atoms with Gasteiger partial charge in [-0.1, -0.05) is 12.1 Å². The van der Waals surface area contributed by atoms with Crippen LogP contribution in [0.5, 0.6) is 0 Å². The first-order chi connectivity index (χ1) is 13.6. The summed E-state index contributed by atoms with van der Waals surface area (Å²) in [4.78, 5) is 27.9. The number of nitrogens with zero attached hydrogens (tertiary/aromatic N) is 7. The Bertz CT molecular complexity index is 950. The Kier molecular flexibility index (Phi) is 5.01. The molecule has 1 aliphatic heterocycles. The quantitative estimate of drug-likeness (QED) is 0.695. The van der Waals surface area contributed by atoms with Gasteiger partial charge in [0.25, 0.3) is 5.91 Å². The molecule has 0 N–H and O–H groups in total. The van der Waals surface area contributed by atoms with Gasteiger partial charge in [-0.25, -0.2) is 9.97 Å². The molecule has 28 heavy (non-hydrogen) atoms. The monoisotopic (exact) mass is 377 g/mol. The van der Waals surface area contributed by atoms with E-state index in [4.69, 9.17) is 0 Å². The fourth-order valence-corrected chi connectivity index (χ4v) is 3.51. The second kappa shape index (κ2) is 7.75. The van der Waals surface area contributed by atoms with Crippen molar-refractivity contribution >= 4 is 11.9 Å². The number of anilines is 1. The summed E-state index contributed by atoms with van der Waals surface area (Å²) in [5.41, 5.74) is 3.21. The SMILES string of the molecule is Cc1cc(C)nc(N2CCCN(C(=O)c3ccccc3-n3nccn3)CC2)n1. The summed E-state index contributed by atoms with van der Waals surface area (Å²) < 4.78 is 0. The molecular weight excluding hydrogens is 354 g/mol. The van der Waals surface area contributed by atoms with Crippen molar-refractivity contribution < 1.29 is 4.79 Å². The Morgan fingerprint density at radius 3 is 2.39 bits per heavy atom. The van der Waals surface area contributed by atoms with Gasteiger partial charge in [-0.2, -0.15) is 15.0 Å². The molecule has 0 bridgehead atoms. The molecule has 0 radical (unpaired) electrons. The summed E-state index contributed by atoms with van der Waals surface area (Å²) in [6.07, 6.45) is 4.08. The topological polar surface area (TPSA) is 80.0 Å². The summed E-state index contributed by atoms with van der Waals surface area (Å²) in [5, 5.41) is 8.34. The molecule has 8 heteroatoms. The number of amides is 1. The second-order valence-corrected chi connectivity index (χ2v) is 6.92. The van der Waals surface area contributed by atoms with Crippen molar-refractivity contribution in [3.8, 4) is 5.69 Å². The van der Waals surface area contributed by atoms with Crippen molar-refractivity contribution in [2.75, 3.05) is 31.1 Å². The molecule has 0 saturated carbocycles. The van der Waals surface area contributed by atoms with Gasteiger partial charge in [0.15, 0.2) is 0 Å². The molecular formula is C20H23N7O. The minimum Gasteiger partial charge on any atom is -0.339 e. The summed E-state index contributed by atoms with van der Waals surface area (Å²) >= 11 is 0. The van der Waals surface area contributed by atoms with Crippen molar-refractivity contribution in [1.82, 2.24) is 29.9 Å². The number of rotatable bonds is 3. The number of carbonyl (C=O) groups excluding carboxylic acids is 1. The summed E-state index contributed by atoms with van der Waals surface area (Å²) in [7, 11) is 0. The third-order valence-corrected chi connectivity index (χ3v) is 4.81. The predicted octanol–water partition coefficient (Wildman–Crippen LogP) is 2.03. The molecule has 3 aromatic rings. The zero-order chi connectivity index (χ0) is 19.5. The number of benzene rings is 1. The second-order valence-electron chi connectivity index (χ2n) is 6.92. The van der Waals surface area contributed by atoms with Gasteiger partial charge in [-0.3, -0.25) is 4.79 Å². The zero-order valence-corrected chi connectivity index (χ0v) is 16.1. The highest BCUT2D eigenvalue weighted by molar-refractivity contribution is 5.97. The first-order valence-electron chi connectivity index (χ1n) is 9.44. The van der Waals surface area contributed by atoms with E-state index in [0.29, 0.717) is 30.9 Å². The van der Waals surface area contributed by atoms with Crippen molar-refractivity contribution in [2.24, 2.45) is 0 Å². The van der Waals surface area contributed by atoms with Gasteiger partial charge >= 0.3 is 0 Å². The molecule has 1 saturated heterocycles. The van der Waals surface area contributed by atoms with E-state index >= 15 is 0 Å². The standard InChI is InChI=1S/C20H23N7O/c1-15-14-16(2)24-20(23-15)26-11-5-10-25(12-13-26)19(28)17-6-3-4-7-18(17)27-21-8-9-22-27/h3-4,6-9,14H,5,10-13H2,1-2H3. The van der Waals surface area contributed by atoms with E-state index in [1.807, 2.05) is 49.1 Å². The van der Waals surface area contributed by atoms with E-state index in [2.05, 4.69) is 25.1 Å². The van der Waals surface area contributed by atoms with Gasteiger partial charge in [-0.15, -0.1) is 0 Å². The maximum atomic E-state index is 13.2. The molecule has 2 aromatic heterocycles. The van der Waals surface area contributed by atoms with E-state index in [0.717, 1.165) is 30.3 Å². The molecule has 3 heterocycles. The van der Waals surface area contributed by atoms with Gasteiger partial charge < -0.3 is 9.80 Å². The van der Waals surface area contributed by atoms with Crippen LogP contribution >= 0.6 is 0 Å². The number of hydrogen-bond acceptors (Lipinski definition) is 6. The fourth-order valence-electron chi connectivity index (χ4n) is 3.51. The minimum atomic E-state index is -0.00362. The lowest BCUT2D eigenvalue weighted by molar-refractivity contribution is 0.0766. The van der Waals surface area contributed by atoms with Crippen LogP contribution < -0.4 is 4.90 Å². The number of aryl methyl sites for hydroxylation is 2. The van der Waals surface area contributed by atoms with Crippen LogP contribution in [0.25, 0.3) is 5.69 Å². The molecule has 1 aromatic carbocycles. The molecule has 1 aliphatic rings. The van der Waals surface area contributed by atoms with Crippen LogP contribution in [-0.2, 0) is 0 Å². The van der Waals surface area contributed by atoms with Gasteiger partial charge in [-0.05, 0) is 38.5 Å². The van der Waals surface area contributed by atoms with Crippen LogP contribution in [-0.4, -0.2) is 61.9 Å². The number of hydrogen-bond donors (Lipinski definition) is 0. The Hall–Kier alpha value is -3.29. The van der Waals surface area contributed by atoms with Crippen LogP contribution in [0.1, 0.15) is 28.2 Å². The summed E-state index contributed by atoms with van der Waals surface area (Å²) in [5.74, 6) is 0.740. The third kappa shape index (κ3) is 3.71. The lowest BCUT2D eigenvalue weighted by Crippen LogP contribution is -2.36. The van der Waals surface area contributed by atoms with Crippen molar-refractivity contribution in [3.05, 3.63) is 59.7 Å². The summed E-state index contributed by atoms with van der Waals surface area (Å²) in [6, 6.07) is 9.42. The fraction of sp³-hybridized carbons (Fsp3) is 0.350. The van der Waals surface area contributed by atoms with Gasteiger partial charge in [0.1, 0.15) is 0 Å². The first kappa shape index (κ1) is 18.1. The number of aromatic nitrogens is 5. The lowest BCUT2D eigenvalue weighted by atomic mass is 10.1. The molecule has 144 valence electrons. The average molecular weight is 377 g/mol. The molecule has 8 nitrogen and oxygen atoms in total. The average Bonchev–Trinajstić information content (AvgIpc) is 3.11. The molecule has 1 amide bonds. The zero-order valence-electron chi connectivity index (χ0n) is 16.1. The predicted molar refractivity (Wildman–Crippen MR) is 106 cm³/mol. The van der Waals surface area contributed by atoms with Gasteiger partial charge in [0.05, 0.1) is 23.6 Å². The van der Waals surface area contributed by atoms with Crippen LogP contribution in [0.15, 0.2) is 42.7 Å². The summed E-state index contributed by atoms with van der Waals surface area (Å²) in [6.45, 7) is 6.81. The molecule has 0 atom stereocenters. The third-order valence-electron chi connectivity index (χ3n) is 4.81. The van der Waals surface area contributed by atoms with Crippen molar-refractivity contribution in [3.63, 3.8) is 0 Å².